The Hall–Kier alpha value is -3.21. The number of hydrogen-bond acceptors (Lipinski definition) is 7. The smallest absolute Gasteiger partial charge is 0.374 e. The molecule has 0 amide bonds. The van der Waals surface area contributed by atoms with Crippen molar-refractivity contribution in [1.82, 2.24) is 4.31 Å². The second-order valence-electron chi connectivity index (χ2n) is 7.25. The molecule has 8 nitrogen and oxygen atoms in total. The number of furan rings is 1. The molecule has 3 aromatic rings. The van der Waals surface area contributed by atoms with Gasteiger partial charge in [0.05, 0.1) is 18.1 Å². The zero-order valence-electron chi connectivity index (χ0n) is 17.6. The van der Waals surface area contributed by atoms with E-state index in [0.717, 1.165) is 0 Å². The SMILES string of the molecule is O=C(OCc1cccc(S(=O)(=O)N2CCOCC2)c1)c1ccc(COc2ccc(F)cc2)o1. The fourth-order valence-corrected chi connectivity index (χ4v) is 4.68. The van der Waals surface area contributed by atoms with E-state index in [1.807, 2.05) is 0 Å². The molecule has 1 aliphatic heterocycles. The van der Waals surface area contributed by atoms with Crippen LogP contribution in [0.25, 0.3) is 0 Å². The Labute approximate surface area is 190 Å². The lowest BCUT2D eigenvalue weighted by Crippen LogP contribution is -2.40. The number of ether oxygens (including phenoxy) is 3. The Morgan fingerprint density at radius 3 is 2.52 bits per heavy atom. The Bertz CT molecular complexity index is 1200. The highest BCUT2D eigenvalue weighted by Gasteiger charge is 2.26. The number of rotatable bonds is 8. The van der Waals surface area contributed by atoms with Crippen molar-refractivity contribution in [3.63, 3.8) is 0 Å². The van der Waals surface area contributed by atoms with Gasteiger partial charge in [-0.2, -0.15) is 4.31 Å². The summed E-state index contributed by atoms with van der Waals surface area (Å²) in [5, 5.41) is 0. The summed E-state index contributed by atoms with van der Waals surface area (Å²) in [6, 6.07) is 14.9. The van der Waals surface area contributed by atoms with Gasteiger partial charge >= 0.3 is 5.97 Å². The topological polar surface area (TPSA) is 95.3 Å². The molecule has 0 unspecified atom stereocenters. The number of halogens is 1. The van der Waals surface area contributed by atoms with Crippen molar-refractivity contribution < 1.29 is 36.2 Å². The van der Waals surface area contributed by atoms with E-state index in [1.54, 1.807) is 18.2 Å². The largest absolute Gasteiger partial charge is 0.486 e. The van der Waals surface area contributed by atoms with Crippen LogP contribution in [-0.4, -0.2) is 45.0 Å². The van der Waals surface area contributed by atoms with Crippen LogP contribution >= 0.6 is 0 Å². The van der Waals surface area contributed by atoms with E-state index in [1.165, 1.54) is 46.8 Å². The molecule has 0 aliphatic carbocycles. The van der Waals surface area contributed by atoms with Gasteiger partial charge in [0.2, 0.25) is 15.8 Å². The monoisotopic (exact) mass is 475 g/mol. The average Bonchev–Trinajstić information content (AvgIpc) is 3.32. The molecule has 2 heterocycles. The molecule has 2 aromatic carbocycles. The maximum atomic E-state index is 12.9. The van der Waals surface area contributed by atoms with E-state index < -0.39 is 16.0 Å². The number of esters is 1. The Kier molecular flexibility index (Phi) is 7.07. The molecule has 1 saturated heterocycles. The van der Waals surface area contributed by atoms with Crippen molar-refractivity contribution in [3.8, 4) is 5.75 Å². The van der Waals surface area contributed by atoms with Crippen LogP contribution in [-0.2, 0) is 32.7 Å². The molecule has 174 valence electrons. The highest BCUT2D eigenvalue weighted by atomic mass is 32.2. The van der Waals surface area contributed by atoms with E-state index in [0.29, 0.717) is 43.4 Å². The highest BCUT2D eigenvalue weighted by molar-refractivity contribution is 7.89. The molecule has 0 atom stereocenters. The number of morpholine rings is 1. The number of carbonyl (C=O) groups is 1. The maximum absolute atomic E-state index is 12.9. The van der Waals surface area contributed by atoms with Crippen molar-refractivity contribution in [2.45, 2.75) is 18.1 Å². The van der Waals surface area contributed by atoms with Crippen molar-refractivity contribution >= 4 is 16.0 Å². The molecular weight excluding hydrogens is 453 g/mol. The van der Waals surface area contributed by atoms with Crippen molar-refractivity contribution in [1.29, 1.82) is 0 Å². The van der Waals surface area contributed by atoms with Gasteiger partial charge in [-0.05, 0) is 54.1 Å². The summed E-state index contributed by atoms with van der Waals surface area (Å²) in [7, 11) is -3.64. The summed E-state index contributed by atoms with van der Waals surface area (Å²) in [4.78, 5) is 12.5. The second kappa shape index (κ2) is 10.2. The molecular formula is C23H22FNO7S. The minimum absolute atomic E-state index is 0.00945. The van der Waals surface area contributed by atoms with Crippen LogP contribution < -0.4 is 4.74 Å². The van der Waals surface area contributed by atoms with Crippen molar-refractivity contribution in [2.75, 3.05) is 26.3 Å². The number of hydrogen-bond donors (Lipinski definition) is 0. The Morgan fingerprint density at radius 2 is 1.76 bits per heavy atom. The number of nitrogens with zero attached hydrogens (tertiary/aromatic N) is 1. The molecule has 0 bridgehead atoms. The van der Waals surface area contributed by atoms with E-state index in [4.69, 9.17) is 18.6 Å². The van der Waals surface area contributed by atoms with Crippen LogP contribution in [0.2, 0.25) is 0 Å². The lowest BCUT2D eigenvalue weighted by molar-refractivity contribution is 0.0432. The van der Waals surface area contributed by atoms with Gasteiger partial charge in [0, 0.05) is 13.1 Å². The first-order valence-corrected chi connectivity index (χ1v) is 11.7. The van der Waals surface area contributed by atoms with Gasteiger partial charge < -0.3 is 18.6 Å². The first-order valence-electron chi connectivity index (χ1n) is 10.2. The lowest BCUT2D eigenvalue weighted by Gasteiger charge is -2.26. The number of benzene rings is 2. The zero-order chi connectivity index (χ0) is 23.3. The minimum atomic E-state index is -3.64. The quantitative estimate of drug-likeness (QED) is 0.461. The first-order chi connectivity index (χ1) is 15.9. The summed E-state index contributed by atoms with van der Waals surface area (Å²) in [5.41, 5.74) is 0.532. The minimum Gasteiger partial charge on any atom is -0.486 e. The van der Waals surface area contributed by atoms with E-state index >= 15 is 0 Å². The first kappa shape index (κ1) is 23.0. The molecule has 10 heteroatoms. The molecule has 33 heavy (non-hydrogen) atoms. The third-order valence-corrected chi connectivity index (χ3v) is 6.83. The number of sulfonamides is 1. The zero-order valence-corrected chi connectivity index (χ0v) is 18.4. The van der Waals surface area contributed by atoms with Crippen LogP contribution in [0.1, 0.15) is 21.9 Å². The van der Waals surface area contributed by atoms with Crippen LogP contribution in [0.5, 0.6) is 5.75 Å². The van der Waals surface area contributed by atoms with Gasteiger partial charge in [0.1, 0.15) is 30.5 Å². The summed E-state index contributed by atoms with van der Waals surface area (Å²) in [5.74, 6) is -0.211. The Morgan fingerprint density at radius 1 is 1.00 bits per heavy atom. The van der Waals surface area contributed by atoms with Crippen LogP contribution in [0, 0.1) is 5.82 Å². The van der Waals surface area contributed by atoms with E-state index in [2.05, 4.69) is 0 Å². The van der Waals surface area contributed by atoms with Gasteiger partial charge in [-0.1, -0.05) is 12.1 Å². The highest BCUT2D eigenvalue weighted by Crippen LogP contribution is 2.20. The van der Waals surface area contributed by atoms with Crippen molar-refractivity contribution in [2.24, 2.45) is 0 Å². The van der Waals surface area contributed by atoms with Gasteiger partial charge in [0.15, 0.2) is 0 Å². The summed E-state index contributed by atoms with van der Waals surface area (Å²) in [6.07, 6.45) is 0. The summed E-state index contributed by atoms with van der Waals surface area (Å²) < 4.78 is 61.3. The predicted molar refractivity (Wildman–Crippen MR) is 115 cm³/mol. The molecule has 0 saturated carbocycles. The third kappa shape index (κ3) is 5.78. The van der Waals surface area contributed by atoms with E-state index in [9.17, 15) is 17.6 Å². The average molecular weight is 475 g/mol. The standard InChI is InChI=1S/C23H22FNO7S/c24-18-4-6-19(7-5-18)30-16-20-8-9-22(32-20)23(26)31-15-17-2-1-3-21(14-17)33(27,28)25-10-12-29-13-11-25/h1-9,14H,10-13,15-16H2. The van der Waals surface area contributed by atoms with E-state index in [-0.39, 0.29) is 29.7 Å². The predicted octanol–water partition coefficient (Wildman–Crippen LogP) is 3.38. The molecule has 1 fully saturated rings. The van der Waals surface area contributed by atoms with Crippen LogP contribution in [0.15, 0.2) is 70.0 Å². The molecule has 4 rings (SSSR count). The maximum Gasteiger partial charge on any atom is 0.374 e. The summed E-state index contributed by atoms with van der Waals surface area (Å²) in [6.45, 7) is 1.25. The second-order valence-corrected chi connectivity index (χ2v) is 9.19. The lowest BCUT2D eigenvalue weighted by atomic mass is 10.2. The van der Waals surface area contributed by atoms with Crippen molar-refractivity contribution in [3.05, 3.63) is 83.6 Å². The molecule has 0 spiro atoms. The molecule has 1 aliphatic rings. The molecule has 0 radical (unpaired) electrons. The summed E-state index contributed by atoms with van der Waals surface area (Å²) >= 11 is 0. The molecule has 0 N–H and O–H groups in total. The fourth-order valence-electron chi connectivity index (χ4n) is 3.20. The van der Waals surface area contributed by atoms with Crippen LogP contribution in [0.4, 0.5) is 4.39 Å². The van der Waals surface area contributed by atoms with Gasteiger partial charge in [-0.15, -0.1) is 0 Å². The third-order valence-electron chi connectivity index (χ3n) is 4.93. The van der Waals surface area contributed by atoms with Gasteiger partial charge in [-0.3, -0.25) is 0 Å². The Balaban J connectivity index is 1.33. The van der Waals surface area contributed by atoms with Gasteiger partial charge in [0.25, 0.3) is 0 Å². The fraction of sp³-hybridized carbons (Fsp3) is 0.261. The molecule has 1 aromatic heterocycles. The normalized spacial score (nSPS) is 14.7. The van der Waals surface area contributed by atoms with Crippen LogP contribution in [0.3, 0.4) is 0 Å². The van der Waals surface area contributed by atoms with Gasteiger partial charge in [-0.25, -0.2) is 17.6 Å². The number of carbonyl (C=O) groups excluding carboxylic acids is 1.